The van der Waals surface area contributed by atoms with Gasteiger partial charge in [0.25, 0.3) is 0 Å². The first kappa shape index (κ1) is 14.8. The molecule has 0 radical (unpaired) electrons. The molecule has 0 spiro atoms. The fraction of sp³-hybridized carbons (Fsp3) is 0.933. The van der Waals surface area contributed by atoms with Crippen LogP contribution in [0.4, 0.5) is 0 Å². The van der Waals surface area contributed by atoms with E-state index in [1.807, 2.05) is 0 Å². The van der Waals surface area contributed by atoms with Gasteiger partial charge in [0, 0.05) is 13.0 Å². The second-order valence-corrected chi connectivity index (χ2v) is 6.10. The molecule has 1 aliphatic heterocycles. The van der Waals surface area contributed by atoms with Crippen molar-refractivity contribution in [2.24, 2.45) is 5.41 Å². The number of amides is 1. The summed E-state index contributed by atoms with van der Waals surface area (Å²) < 4.78 is 5.75. The number of nitrogens with one attached hydrogen (secondary N) is 2. The third-order valence-electron chi connectivity index (χ3n) is 4.37. The average molecular weight is 268 g/mol. The Hall–Kier alpha value is -0.610. The lowest BCUT2D eigenvalue weighted by atomic mass is 10.0. The zero-order valence-electron chi connectivity index (χ0n) is 12.2. The maximum atomic E-state index is 11.8. The van der Waals surface area contributed by atoms with Crippen molar-refractivity contribution in [2.45, 2.75) is 58.0 Å². The van der Waals surface area contributed by atoms with Crippen molar-refractivity contribution in [1.29, 1.82) is 0 Å². The van der Waals surface area contributed by atoms with Crippen LogP contribution in [0.2, 0.25) is 0 Å². The van der Waals surface area contributed by atoms with Crippen LogP contribution in [0, 0.1) is 5.41 Å². The zero-order chi connectivity index (χ0) is 13.6. The van der Waals surface area contributed by atoms with Crippen LogP contribution in [0.25, 0.3) is 0 Å². The Morgan fingerprint density at radius 2 is 2.11 bits per heavy atom. The van der Waals surface area contributed by atoms with Crippen LogP contribution < -0.4 is 10.6 Å². The van der Waals surface area contributed by atoms with Gasteiger partial charge in [0.05, 0.1) is 12.7 Å². The van der Waals surface area contributed by atoms with E-state index in [-0.39, 0.29) is 5.91 Å². The molecule has 0 aromatic rings. The van der Waals surface area contributed by atoms with Crippen molar-refractivity contribution in [1.82, 2.24) is 10.6 Å². The molecule has 2 rings (SSSR count). The molecular formula is C15H28N2O2. The van der Waals surface area contributed by atoms with Crippen molar-refractivity contribution < 1.29 is 9.53 Å². The largest absolute Gasteiger partial charge is 0.378 e. The van der Waals surface area contributed by atoms with Gasteiger partial charge < -0.3 is 15.4 Å². The highest BCUT2D eigenvalue weighted by Crippen LogP contribution is 2.48. The number of hydrogen-bond donors (Lipinski definition) is 2. The molecule has 0 aromatic carbocycles. The molecule has 2 N–H and O–H groups in total. The molecule has 110 valence electrons. The van der Waals surface area contributed by atoms with Crippen molar-refractivity contribution in [3.8, 4) is 0 Å². The van der Waals surface area contributed by atoms with Crippen molar-refractivity contribution in [3.05, 3.63) is 0 Å². The quantitative estimate of drug-likeness (QED) is 0.706. The van der Waals surface area contributed by atoms with E-state index in [0.717, 1.165) is 32.5 Å². The van der Waals surface area contributed by atoms with E-state index < -0.39 is 0 Å². The molecule has 1 heterocycles. The number of hydrogen-bond acceptors (Lipinski definition) is 3. The summed E-state index contributed by atoms with van der Waals surface area (Å²) in [5.41, 5.74) is 0.445. The predicted octanol–water partition coefficient (Wildman–Crippen LogP) is 1.84. The number of carbonyl (C=O) groups is 1. The van der Waals surface area contributed by atoms with Gasteiger partial charge in [-0.15, -0.1) is 0 Å². The topological polar surface area (TPSA) is 50.4 Å². The summed E-state index contributed by atoms with van der Waals surface area (Å²) in [5, 5.41) is 6.39. The number of rotatable bonds is 8. The molecule has 2 aliphatic rings. The molecule has 0 atom stereocenters. The average Bonchev–Trinajstić information content (AvgIpc) is 3.19. The minimum atomic E-state index is 0.149. The molecule has 2 fully saturated rings. The molecule has 1 saturated heterocycles. The molecule has 0 unspecified atom stereocenters. The number of piperidine rings is 1. The zero-order valence-corrected chi connectivity index (χ0v) is 12.2. The maximum Gasteiger partial charge on any atom is 0.222 e. The van der Waals surface area contributed by atoms with E-state index in [1.165, 1.54) is 25.7 Å². The standard InChI is InChI=1S/C15H28N2O2/c1-2-6-15(7-8-15)12-17-14(18)5-11-19-13-3-9-16-10-4-13/h13,16H,2-12H2,1H3,(H,17,18). The molecule has 1 aliphatic carbocycles. The van der Waals surface area contributed by atoms with E-state index in [9.17, 15) is 4.79 Å². The Morgan fingerprint density at radius 1 is 1.37 bits per heavy atom. The first-order chi connectivity index (χ1) is 9.24. The Labute approximate surface area is 116 Å². The normalized spacial score (nSPS) is 22.2. The van der Waals surface area contributed by atoms with Crippen LogP contribution in [0.3, 0.4) is 0 Å². The fourth-order valence-electron chi connectivity index (χ4n) is 2.88. The van der Waals surface area contributed by atoms with Crippen LogP contribution >= 0.6 is 0 Å². The highest BCUT2D eigenvalue weighted by molar-refractivity contribution is 5.76. The second-order valence-electron chi connectivity index (χ2n) is 6.10. The molecule has 4 nitrogen and oxygen atoms in total. The summed E-state index contributed by atoms with van der Waals surface area (Å²) in [6.45, 7) is 5.73. The third-order valence-corrected chi connectivity index (χ3v) is 4.37. The first-order valence-corrected chi connectivity index (χ1v) is 7.83. The van der Waals surface area contributed by atoms with Crippen LogP contribution in [-0.4, -0.2) is 38.3 Å². The molecule has 19 heavy (non-hydrogen) atoms. The minimum Gasteiger partial charge on any atom is -0.378 e. The first-order valence-electron chi connectivity index (χ1n) is 7.83. The predicted molar refractivity (Wildman–Crippen MR) is 76.0 cm³/mol. The van der Waals surface area contributed by atoms with Crippen LogP contribution in [0.1, 0.15) is 51.9 Å². The van der Waals surface area contributed by atoms with Crippen molar-refractivity contribution in [2.75, 3.05) is 26.2 Å². The van der Waals surface area contributed by atoms with Crippen molar-refractivity contribution >= 4 is 5.91 Å². The van der Waals surface area contributed by atoms with E-state index in [0.29, 0.717) is 24.5 Å². The van der Waals surface area contributed by atoms with Crippen LogP contribution in [-0.2, 0) is 9.53 Å². The highest BCUT2D eigenvalue weighted by atomic mass is 16.5. The molecule has 0 bridgehead atoms. The minimum absolute atomic E-state index is 0.149. The van der Waals surface area contributed by atoms with Crippen LogP contribution in [0.15, 0.2) is 0 Å². The van der Waals surface area contributed by atoms with Gasteiger partial charge in [-0.3, -0.25) is 4.79 Å². The van der Waals surface area contributed by atoms with Gasteiger partial charge in [0.1, 0.15) is 0 Å². The van der Waals surface area contributed by atoms with Gasteiger partial charge in [-0.1, -0.05) is 13.3 Å². The Morgan fingerprint density at radius 3 is 2.74 bits per heavy atom. The Kier molecular flexibility index (Phi) is 5.64. The number of ether oxygens (including phenoxy) is 1. The molecule has 1 amide bonds. The fourth-order valence-corrected chi connectivity index (χ4v) is 2.88. The van der Waals surface area contributed by atoms with E-state index in [4.69, 9.17) is 4.74 Å². The molecule has 4 heteroatoms. The smallest absolute Gasteiger partial charge is 0.222 e. The Bertz CT molecular complexity index is 284. The van der Waals surface area contributed by atoms with E-state index in [2.05, 4.69) is 17.6 Å². The van der Waals surface area contributed by atoms with E-state index in [1.54, 1.807) is 0 Å². The van der Waals surface area contributed by atoms with Gasteiger partial charge in [0.15, 0.2) is 0 Å². The summed E-state index contributed by atoms with van der Waals surface area (Å²) >= 11 is 0. The van der Waals surface area contributed by atoms with Gasteiger partial charge >= 0.3 is 0 Å². The maximum absolute atomic E-state index is 11.8. The molecule has 1 saturated carbocycles. The lowest BCUT2D eigenvalue weighted by molar-refractivity contribution is -0.123. The SMILES string of the molecule is CCCC1(CNC(=O)CCOC2CCNCC2)CC1. The second kappa shape index (κ2) is 7.25. The summed E-state index contributed by atoms with van der Waals surface area (Å²) in [7, 11) is 0. The Balaban J connectivity index is 1.52. The molecular weight excluding hydrogens is 240 g/mol. The summed E-state index contributed by atoms with van der Waals surface area (Å²) in [6.07, 6.45) is 8.03. The molecule has 0 aromatic heterocycles. The summed E-state index contributed by atoms with van der Waals surface area (Å²) in [5.74, 6) is 0.149. The third kappa shape index (κ3) is 5.11. The summed E-state index contributed by atoms with van der Waals surface area (Å²) in [4.78, 5) is 11.8. The van der Waals surface area contributed by atoms with E-state index >= 15 is 0 Å². The van der Waals surface area contributed by atoms with Crippen molar-refractivity contribution in [3.63, 3.8) is 0 Å². The highest BCUT2D eigenvalue weighted by Gasteiger charge is 2.41. The van der Waals surface area contributed by atoms with Gasteiger partial charge in [0.2, 0.25) is 5.91 Å². The van der Waals surface area contributed by atoms with Gasteiger partial charge in [-0.25, -0.2) is 0 Å². The summed E-state index contributed by atoms with van der Waals surface area (Å²) in [6, 6.07) is 0. The lowest BCUT2D eigenvalue weighted by Gasteiger charge is -2.22. The van der Waals surface area contributed by atoms with Gasteiger partial charge in [-0.05, 0) is 50.6 Å². The lowest BCUT2D eigenvalue weighted by Crippen LogP contribution is -2.34. The monoisotopic (exact) mass is 268 g/mol. The van der Waals surface area contributed by atoms with Gasteiger partial charge in [-0.2, -0.15) is 0 Å². The number of carbonyl (C=O) groups excluding carboxylic acids is 1. The van der Waals surface area contributed by atoms with Crippen LogP contribution in [0.5, 0.6) is 0 Å².